The maximum atomic E-state index is 6.26. The van der Waals surface area contributed by atoms with E-state index in [1.807, 2.05) is 43.3 Å². The number of pyridine rings is 1. The lowest BCUT2D eigenvalue weighted by atomic mass is 9.93. The van der Waals surface area contributed by atoms with Gasteiger partial charge in [-0.05, 0) is 42.0 Å². The highest BCUT2D eigenvalue weighted by Crippen LogP contribution is 2.43. The zero-order valence-corrected chi connectivity index (χ0v) is 18.6. The van der Waals surface area contributed by atoms with Crippen molar-refractivity contribution in [1.29, 1.82) is 0 Å². The fourth-order valence-corrected chi connectivity index (χ4v) is 3.74. The fourth-order valence-electron chi connectivity index (χ4n) is 3.74. The van der Waals surface area contributed by atoms with Gasteiger partial charge in [-0.2, -0.15) is 5.21 Å². The smallest absolute Gasteiger partial charge is 0.231 e. The Morgan fingerprint density at radius 1 is 1.06 bits per heavy atom. The molecule has 0 fully saturated rings. The molecule has 0 aliphatic carbocycles. The van der Waals surface area contributed by atoms with Crippen LogP contribution in [-0.4, -0.2) is 46.1 Å². The summed E-state index contributed by atoms with van der Waals surface area (Å²) in [5, 5.41) is 14.7. The number of nitrogens with zero attached hydrogens (tertiary/aromatic N) is 4. The fraction of sp³-hybridized carbons (Fsp3) is 0.167. The summed E-state index contributed by atoms with van der Waals surface area (Å²) < 4.78 is 22.5. The molecule has 3 N–H and O–H groups in total. The molecule has 0 radical (unpaired) electrons. The van der Waals surface area contributed by atoms with E-state index in [1.165, 1.54) is 0 Å². The minimum atomic E-state index is 0.175. The highest BCUT2D eigenvalue weighted by Gasteiger charge is 2.25. The highest BCUT2D eigenvalue weighted by atomic mass is 16.7. The number of hydrogen-bond acceptors (Lipinski definition) is 9. The Kier molecular flexibility index (Phi) is 5.79. The van der Waals surface area contributed by atoms with Gasteiger partial charge in [-0.15, -0.1) is 10.2 Å². The summed E-state index contributed by atoms with van der Waals surface area (Å²) in [5.74, 6) is 3.22. The predicted octanol–water partition coefficient (Wildman–Crippen LogP) is 3.74. The first-order valence-corrected chi connectivity index (χ1v) is 10.5. The Bertz CT molecular complexity index is 1340. The van der Waals surface area contributed by atoms with Crippen LogP contribution in [0.3, 0.4) is 0 Å². The highest BCUT2D eigenvalue weighted by molar-refractivity contribution is 5.90. The first-order valence-electron chi connectivity index (χ1n) is 10.5. The molecule has 10 nitrogen and oxygen atoms in total. The van der Waals surface area contributed by atoms with Crippen molar-refractivity contribution in [1.82, 2.24) is 25.6 Å². The Balaban J connectivity index is 1.73. The number of H-pyrrole nitrogens is 1. The number of ether oxygens (including phenoxy) is 4. The Labute approximate surface area is 195 Å². The largest absolute Gasteiger partial charge is 0.497 e. The van der Waals surface area contributed by atoms with Crippen molar-refractivity contribution in [3.05, 3.63) is 59.8 Å². The number of rotatable bonds is 7. The standard InChI is InChI=1S/C24H22N6O4/c1-14-18(4-3-11-25)21(15-5-7-16(31-2)8-6-15)22(23-27-29-30-28-23)24(26-14)34-17-9-10-19-20(12-17)33-13-32-19/h3-10,12H,11,13,25H2,1-2H3,(H,27,28,29,30). The van der Waals surface area contributed by atoms with Crippen LogP contribution >= 0.6 is 0 Å². The van der Waals surface area contributed by atoms with Crippen molar-refractivity contribution < 1.29 is 18.9 Å². The van der Waals surface area contributed by atoms with Crippen LogP contribution < -0.4 is 24.7 Å². The lowest BCUT2D eigenvalue weighted by molar-refractivity contribution is 0.174. The summed E-state index contributed by atoms with van der Waals surface area (Å²) in [5.41, 5.74) is 9.68. The summed E-state index contributed by atoms with van der Waals surface area (Å²) in [6.07, 6.45) is 3.81. The number of benzene rings is 2. The van der Waals surface area contributed by atoms with Crippen LogP contribution in [0.4, 0.5) is 0 Å². The lowest BCUT2D eigenvalue weighted by Gasteiger charge is -2.18. The zero-order chi connectivity index (χ0) is 23.5. The van der Waals surface area contributed by atoms with Crippen LogP contribution in [0.15, 0.2) is 48.5 Å². The van der Waals surface area contributed by atoms with E-state index >= 15 is 0 Å². The zero-order valence-electron chi connectivity index (χ0n) is 18.6. The van der Waals surface area contributed by atoms with Crippen molar-refractivity contribution in [2.24, 2.45) is 5.73 Å². The molecule has 0 atom stereocenters. The molecule has 0 saturated heterocycles. The molecule has 0 bridgehead atoms. The molecule has 172 valence electrons. The van der Waals surface area contributed by atoms with Crippen molar-refractivity contribution in [3.8, 4) is 51.4 Å². The van der Waals surface area contributed by atoms with Gasteiger partial charge < -0.3 is 24.7 Å². The van der Waals surface area contributed by atoms with Gasteiger partial charge in [0.25, 0.3) is 0 Å². The second-order valence-corrected chi connectivity index (χ2v) is 7.39. The number of aryl methyl sites for hydroxylation is 1. The molecule has 0 spiro atoms. The van der Waals surface area contributed by atoms with E-state index < -0.39 is 0 Å². The van der Waals surface area contributed by atoms with Gasteiger partial charge in [-0.25, -0.2) is 4.98 Å². The average Bonchev–Trinajstić information content (AvgIpc) is 3.55. The third-order valence-corrected chi connectivity index (χ3v) is 5.32. The van der Waals surface area contributed by atoms with E-state index in [0.717, 1.165) is 28.1 Å². The van der Waals surface area contributed by atoms with Gasteiger partial charge in [0, 0.05) is 29.4 Å². The van der Waals surface area contributed by atoms with Gasteiger partial charge in [0.15, 0.2) is 11.5 Å². The lowest BCUT2D eigenvalue weighted by Crippen LogP contribution is -2.03. The van der Waals surface area contributed by atoms with Gasteiger partial charge in [0.05, 0.1) is 12.7 Å². The topological polar surface area (TPSA) is 130 Å². The van der Waals surface area contributed by atoms with Gasteiger partial charge in [0.1, 0.15) is 11.5 Å². The summed E-state index contributed by atoms with van der Waals surface area (Å²) in [7, 11) is 1.63. The van der Waals surface area contributed by atoms with Gasteiger partial charge >= 0.3 is 0 Å². The molecule has 0 amide bonds. The predicted molar refractivity (Wildman–Crippen MR) is 125 cm³/mol. The minimum absolute atomic E-state index is 0.175. The summed E-state index contributed by atoms with van der Waals surface area (Å²) >= 11 is 0. The number of aromatic nitrogens is 5. The number of methoxy groups -OCH3 is 1. The maximum Gasteiger partial charge on any atom is 0.231 e. The third-order valence-electron chi connectivity index (χ3n) is 5.32. The number of aromatic amines is 1. The molecule has 5 rings (SSSR count). The number of nitrogens with one attached hydrogen (secondary N) is 1. The van der Waals surface area contributed by atoms with Crippen LogP contribution in [0.1, 0.15) is 11.3 Å². The first-order chi connectivity index (χ1) is 16.7. The third kappa shape index (κ3) is 4.02. The van der Waals surface area contributed by atoms with E-state index in [1.54, 1.807) is 25.3 Å². The normalized spacial score (nSPS) is 12.3. The second kappa shape index (κ2) is 9.20. The van der Waals surface area contributed by atoms with Crippen LogP contribution in [0, 0.1) is 6.92 Å². The molecular formula is C24H22N6O4. The number of nitrogens with two attached hydrogens (primary N) is 1. The molecule has 1 aliphatic heterocycles. The summed E-state index contributed by atoms with van der Waals surface area (Å²) in [6.45, 7) is 2.47. The molecule has 34 heavy (non-hydrogen) atoms. The monoisotopic (exact) mass is 458 g/mol. The summed E-state index contributed by atoms with van der Waals surface area (Å²) in [4.78, 5) is 4.76. The van der Waals surface area contributed by atoms with E-state index in [2.05, 4.69) is 20.6 Å². The molecule has 0 saturated carbocycles. The molecule has 2 aromatic heterocycles. The molecular weight excluding hydrogens is 436 g/mol. The molecule has 3 heterocycles. The Hall–Kier alpha value is -4.44. The molecule has 4 aromatic rings. The molecule has 10 heteroatoms. The van der Waals surface area contributed by atoms with E-state index in [-0.39, 0.29) is 6.79 Å². The van der Waals surface area contributed by atoms with Crippen LogP contribution in [0.2, 0.25) is 0 Å². The van der Waals surface area contributed by atoms with E-state index in [0.29, 0.717) is 41.1 Å². The van der Waals surface area contributed by atoms with Gasteiger partial charge in [-0.1, -0.05) is 24.3 Å². The first kappa shape index (κ1) is 21.4. The van der Waals surface area contributed by atoms with E-state index in [4.69, 9.17) is 29.7 Å². The van der Waals surface area contributed by atoms with Crippen LogP contribution in [-0.2, 0) is 0 Å². The van der Waals surface area contributed by atoms with Crippen molar-refractivity contribution >= 4 is 6.08 Å². The number of hydrogen-bond donors (Lipinski definition) is 2. The van der Waals surface area contributed by atoms with Crippen LogP contribution in [0.5, 0.6) is 28.9 Å². The maximum absolute atomic E-state index is 6.26. The molecule has 0 unspecified atom stereocenters. The molecule has 1 aliphatic rings. The second-order valence-electron chi connectivity index (χ2n) is 7.39. The molecule has 2 aromatic carbocycles. The van der Waals surface area contributed by atoms with Crippen molar-refractivity contribution in [2.45, 2.75) is 6.92 Å². The Morgan fingerprint density at radius 2 is 1.85 bits per heavy atom. The van der Waals surface area contributed by atoms with Gasteiger partial charge in [0.2, 0.25) is 18.5 Å². The quantitative estimate of drug-likeness (QED) is 0.425. The van der Waals surface area contributed by atoms with Crippen molar-refractivity contribution in [2.75, 3.05) is 20.4 Å². The minimum Gasteiger partial charge on any atom is -0.497 e. The number of tetrazole rings is 1. The summed E-state index contributed by atoms with van der Waals surface area (Å²) in [6, 6.07) is 13.0. The van der Waals surface area contributed by atoms with E-state index in [9.17, 15) is 0 Å². The average molecular weight is 458 g/mol. The Morgan fingerprint density at radius 3 is 2.59 bits per heavy atom. The van der Waals surface area contributed by atoms with Gasteiger partial charge in [-0.3, -0.25) is 0 Å². The van der Waals surface area contributed by atoms with Crippen molar-refractivity contribution in [3.63, 3.8) is 0 Å². The van der Waals surface area contributed by atoms with Crippen LogP contribution in [0.25, 0.3) is 28.6 Å². The SMILES string of the molecule is COc1ccc(-c2c(C=CCN)c(C)nc(Oc3ccc4c(c3)OCO4)c2-c2nn[nH]n2)cc1. The number of fused-ring (bicyclic) bond motifs is 1.